The normalized spacial score (nSPS) is 17.3. The van der Waals surface area contributed by atoms with E-state index in [0.29, 0.717) is 5.92 Å². The molecule has 1 heterocycles. The highest BCUT2D eigenvalue weighted by molar-refractivity contribution is 7.10. The molecule has 2 aromatic rings. The van der Waals surface area contributed by atoms with Crippen LogP contribution in [0.4, 0.5) is 0 Å². The van der Waals surface area contributed by atoms with Crippen molar-refractivity contribution in [2.45, 2.75) is 25.7 Å². The summed E-state index contributed by atoms with van der Waals surface area (Å²) in [5, 5.41) is 2.19. The van der Waals surface area contributed by atoms with Crippen molar-refractivity contribution in [3.05, 3.63) is 57.8 Å². The molecule has 0 N–H and O–H groups in total. The molecule has 1 aliphatic rings. The van der Waals surface area contributed by atoms with E-state index in [2.05, 4.69) is 48.7 Å². The van der Waals surface area contributed by atoms with Crippen LogP contribution in [0.3, 0.4) is 0 Å². The van der Waals surface area contributed by atoms with E-state index in [-0.39, 0.29) is 0 Å². The maximum atomic E-state index is 2.30. The Labute approximate surface area is 101 Å². The lowest BCUT2D eigenvalue weighted by Gasteiger charge is -2.15. The molecule has 0 bridgehead atoms. The van der Waals surface area contributed by atoms with Crippen LogP contribution >= 0.6 is 11.3 Å². The van der Waals surface area contributed by atoms with Crippen molar-refractivity contribution in [1.29, 1.82) is 0 Å². The van der Waals surface area contributed by atoms with Gasteiger partial charge in [0.25, 0.3) is 0 Å². The summed E-state index contributed by atoms with van der Waals surface area (Å²) in [6.45, 7) is 2.15. The molecule has 3 rings (SSSR count). The van der Waals surface area contributed by atoms with Crippen LogP contribution in [0.25, 0.3) is 0 Å². The number of thiophene rings is 1. The molecule has 1 aliphatic carbocycles. The topological polar surface area (TPSA) is 0 Å². The SMILES string of the molecule is Cc1ccc(C(c2cccs2)C2CC2)cc1. The zero-order valence-corrected chi connectivity index (χ0v) is 10.3. The summed E-state index contributed by atoms with van der Waals surface area (Å²) in [5.41, 5.74) is 2.85. The van der Waals surface area contributed by atoms with Crippen molar-refractivity contribution in [2.24, 2.45) is 5.92 Å². The van der Waals surface area contributed by atoms with Gasteiger partial charge in [-0.3, -0.25) is 0 Å². The molecule has 1 aromatic carbocycles. The molecular weight excluding hydrogens is 212 g/mol. The van der Waals surface area contributed by atoms with Gasteiger partial charge in [0.15, 0.2) is 0 Å². The van der Waals surface area contributed by atoms with Crippen LogP contribution in [0.15, 0.2) is 41.8 Å². The third-order valence-corrected chi connectivity index (χ3v) is 4.33. The standard InChI is InChI=1S/C15H16S/c1-11-4-6-12(7-5-11)15(13-8-9-13)14-3-2-10-16-14/h2-7,10,13,15H,8-9H2,1H3. The second kappa shape index (κ2) is 4.06. The number of rotatable bonds is 3. The van der Waals surface area contributed by atoms with Gasteiger partial charge in [-0.1, -0.05) is 35.9 Å². The van der Waals surface area contributed by atoms with E-state index < -0.39 is 0 Å². The largest absolute Gasteiger partial charge is 0.148 e. The Morgan fingerprint density at radius 3 is 2.44 bits per heavy atom. The number of hydrogen-bond acceptors (Lipinski definition) is 1. The van der Waals surface area contributed by atoms with Gasteiger partial charge in [-0.2, -0.15) is 0 Å². The molecule has 82 valence electrons. The molecule has 1 unspecified atom stereocenters. The van der Waals surface area contributed by atoms with Crippen LogP contribution in [-0.2, 0) is 0 Å². The van der Waals surface area contributed by atoms with E-state index in [0.717, 1.165) is 5.92 Å². The molecule has 1 fully saturated rings. The van der Waals surface area contributed by atoms with Crippen LogP contribution in [0, 0.1) is 12.8 Å². The summed E-state index contributed by atoms with van der Waals surface area (Å²) in [6, 6.07) is 13.5. The van der Waals surface area contributed by atoms with E-state index in [4.69, 9.17) is 0 Å². The first kappa shape index (κ1) is 10.1. The third-order valence-electron chi connectivity index (χ3n) is 3.38. The van der Waals surface area contributed by atoms with Gasteiger partial charge in [-0.25, -0.2) is 0 Å². The van der Waals surface area contributed by atoms with Gasteiger partial charge in [0.05, 0.1) is 0 Å². The fraction of sp³-hybridized carbons (Fsp3) is 0.333. The molecule has 0 aliphatic heterocycles. The maximum absolute atomic E-state index is 2.30. The molecule has 0 radical (unpaired) electrons. The smallest absolute Gasteiger partial charge is 0.0212 e. The average molecular weight is 228 g/mol. The highest BCUT2D eigenvalue weighted by atomic mass is 32.1. The Bertz CT molecular complexity index is 449. The Morgan fingerprint density at radius 2 is 1.88 bits per heavy atom. The molecule has 0 saturated heterocycles. The van der Waals surface area contributed by atoms with Gasteiger partial charge in [0.1, 0.15) is 0 Å². The minimum absolute atomic E-state index is 0.653. The highest BCUT2D eigenvalue weighted by Crippen LogP contribution is 2.47. The van der Waals surface area contributed by atoms with Crippen LogP contribution in [-0.4, -0.2) is 0 Å². The Balaban J connectivity index is 1.97. The first-order chi connectivity index (χ1) is 7.84. The van der Waals surface area contributed by atoms with E-state index in [9.17, 15) is 0 Å². The molecule has 16 heavy (non-hydrogen) atoms. The predicted octanol–water partition coefficient (Wildman–Crippen LogP) is 4.60. The van der Waals surface area contributed by atoms with E-state index in [1.165, 1.54) is 28.8 Å². The Kier molecular flexibility index (Phi) is 2.56. The van der Waals surface area contributed by atoms with Crippen molar-refractivity contribution < 1.29 is 0 Å². The van der Waals surface area contributed by atoms with Gasteiger partial charge in [-0.15, -0.1) is 11.3 Å². The second-order valence-corrected chi connectivity index (χ2v) is 5.72. The minimum Gasteiger partial charge on any atom is -0.148 e. The molecule has 1 aromatic heterocycles. The highest BCUT2D eigenvalue weighted by Gasteiger charge is 2.33. The van der Waals surface area contributed by atoms with Gasteiger partial charge in [0, 0.05) is 10.8 Å². The minimum atomic E-state index is 0.653. The molecule has 1 heteroatoms. The lowest BCUT2D eigenvalue weighted by atomic mass is 9.92. The maximum Gasteiger partial charge on any atom is 0.0212 e. The van der Waals surface area contributed by atoms with Crippen LogP contribution in [0.2, 0.25) is 0 Å². The molecular formula is C15H16S. The van der Waals surface area contributed by atoms with Gasteiger partial charge in [0.2, 0.25) is 0 Å². The van der Waals surface area contributed by atoms with Crippen molar-refractivity contribution in [3.63, 3.8) is 0 Å². The summed E-state index contributed by atoms with van der Waals surface area (Å²) in [4.78, 5) is 1.53. The van der Waals surface area contributed by atoms with Crippen molar-refractivity contribution >= 4 is 11.3 Å². The van der Waals surface area contributed by atoms with Crippen LogP contribution < -0.4 is 0 Å². The summed E-state index contributed by atoms with van der Waals surface area (Å²) >= 11 is 1.90. The summed E-state index contributed by atoms with van der Waals surface area (Å²) in [7, 11) is 0. The molecule has 1 saturated carbocycles. The Morgan fingerprint density at radius 1 is 1.12 bits per heavy atom. The second-order valence-electron chi connectivity index (χ2n) is 4.74. The van der Waals surface area contributed by atoms with Crippen molar-refractivity contribution in [3.8, 4) is 0 Å². The lowest BCUT2D eigenvalue weighted by molar-refractivity contribution is 0.716. The van der Waals surface area contributed by atoms with Crippen molar-refractivity contribution in [1.82, 2.24) is 0 Å². The van der Waals surface area contributed by atoms with Crippen LogP contribution in [0.5, 0.6) is 0 Å². The Hall–Kier alpha value is -1.08. The summed E-state index contributed by atoms with van der Waals surface area (Å²) in [6.07, 6.45) is 2.80. The molecule has 0 amide bonds. The summed E-state index contributed by atoms with van der Waals surface area (Å²) < 4.78 is 0. The third kappa shape index (κ3) is 1.92. The lowest BCUT2D eigenvalue weighted by Crippen LogP contribution is -2.01. The molecule has 0 spiro atoms. The van der Waals surface area contributed by atoms with Gasteiger partial charge < -0.3 is 0 Å². The van der Waals surface area contributed by atoms with Crippen molar-refractivity contribution in [2.75, 3.05) is 0 Å². The number of benzene rings is 1. The van der Waals surface area contributed by atoms with Crippen LogP contribution in [0.1, 0.15) is 34.8 Å². The number of hydrogen-bond donors (Lipinski definition) is 0. The van der Waals surface area contributed by atoms with Gasteiger partial charge >= 0.3 is 0 Å². The first-order valence-corrected chi connectivity index (χ1v) is 6.82. The predicted molar refractivity (Wildman–Crippen MR) is 70.1 cm³/mol. The quantitative estimate of drug-likeness (QED) is 0.720. The summed E-state index contributed by atoms with van der Waals surface area (Å²) in [5.74, 6) is 1.54. The zero-order valence-electron chi connectivity index (χ0n) is 9.52. The fourth-order valence-corrected chi connectivity index (χ4v) is 3.29. The monoisotopic (exact) mass is 228 g/mol. The van der Waals surface area contributed by atoms with E-state index >= 15 is 0 Å². The van der Waals surface area contributed by atoms with E-state index in [1.807, 2.05) is 11.3 Å². The number of aryl methyl sites for hydroxylation is 1. The molecule has 1 atom stereocenters. The first-order valence-electron chi connectivity index (χ1n) is 5.94. The van der Waals surface area contributed by atoms with Gasteiger partial charge in [-0.05, 0) is 42.7 Å². The van der Waals surface area contributed by atoms with E-state index in [1.54, 1.807) is 0 Å². The zero-order chi connectivity index (χ0) is 11.0. The molecule has 0 nitrogen and oxygen atoms in total. The fourth-order valence-electron chi connectivity index (χ4n) is 2.34. The average Bonchev–Trinajstić information content (AvgIpc) is 2.97.